The highest BCUT2D eigenvalue weighted by atomic mass is 35.5. The van der Waals surface area contributed by atoms with Crippen LogP contribution in [0.15, 0.2) is 36.4 Å². The first-order valence-electron chi connectivity index (χ1n) is 5.80. The number of halogens is 2. The molecule has 0 heterocycles. The number of ether oxygens (including phenoxy) is 1. The van der Waals surface area contributed by atoms with Gasteiger partial charge in [0.2, 0.25) is 0 Å². The van der Waals surface area contributed by atoms with Crippen molar-refractivity contribution in [1.82, 2.24) is 0 Å². The van der Waals surface area contributed by atoms with E-state index in [4.69, 9.17) is 16.3 Å². The van der Waals surface area contributed by atoms with Crippen molar-refractivity contribution in [2.45, 2.75) is 13.5 Å². The highest BCUT2D eigenvalue weighted by Gasteiger charge is 2.12. The summed E-state index contributed by atoms with van der Waals surface area (Å²) in [7, 11) is 0. The Hall–Kier alpha value is -2.14. The number of rotatable bonds is 4. The van der Waals surface area contributed by atoms with Crippen molar-refractivity contribution >= 4 is 17.3 Å². The third-order valence-corrected chi connectivity index (χ3v) is 3.15. The van der Waals surface area contributed by atoms with Crippen LogP contribution in [0.2, 0.25) is 5.02 Å². The highest BCUT2D eigenvalue weighted by Crippen LogP contribution is 2.25. The van der Waals surface area contributed by atoms with Crippen molar-refractivity contribution in [2.75, 3.05) is 0 Å². The van der Waals surface area contributed by atoms with Gasteiger partial charge in [0.05, 0.1) is 4.92 Å². The summed E-state index contributed by atoms with van der Waals surface area (Å²) in [5.74, 6) is -0.360. The first-order valence-corrected chi connectivity index (χ1v) is 6.17. The molecule has 0 spiro atoms. The van der Waals surface area contributed by atoms with Crippen molar-refractivity contribution in [3.05, 3.63) is 68.5 Å². The Morgan fingerprint density at radius 1 is 1.35 bits per heavy atom. The molecule has 2 aromatic rings. The standard InChI is InChI=1S/C14H11ClFNO3/c1-9-3-2-4-13(14(9)16)20-8-10-7-11(17(18)19)5-6-12(10)15/h2-7H,8H2,1H3. The summed E-state index contributed by atoms with van der Waals surface area (Å²) in [6, 6.07) is 8.83. The Morgan fingerprint density at radius 3 is 2.80 bits per heavy atom. The molecule has 0 saturated carbocycles. The van der Waals surface area contributed by atoms with E-state index in [1.165, 1.54) is 24.3 Å². The fourth-order valence-electron chi connectivity index (χ4n) is 1.67. The van der Waals surface area contributed by atoms with Gasteiger partial charge in [-0.2, -0.15) is 0 Å². The molecule has 20 heavy (non-hydrogen) atoms. The van der Waals surface area contributed by atoms with E-state index in [-0.39, 0.29) is 18.0 Å². The highest BCUT2D eigenvalue weighted by molar-refractivity contribution is 6.31. The largest absolute Gasteiger partial charge is 0.486 e. The Labute approximate surface area is 119 Å². The molecule has 0 aliphatic heterocycles. The van der Waals surface area contributed by atoms with E-state index in [1.807, 2.05) is 0 Å². The van der Waals surface area contributed by atoms with Crippen LogP contribution in [0.4, 0.5) is 10.1 Å². The van der Waals surface area contributed by atoms with Crippen LogP contribution in [0.5, 0.6) is 5.75 Å². The summed E-state index contributed by atoms with van der Waals surface area (Å²) < 4.78 is 19.1. The zero-order chi connectivity index (χ0) is 14.7. The number of nitrogens with zero attached hydrogens (tertiary/aromatic N) is 1. The molecule has 0 bridgehead atoms. The van der Waals surface area contributed by atoms with Crippen LogP contribution in [0.25, 0.3) is 0 Å². The van der Waals surface area contributed by atoms with E-state index in [0.29, 0.717) is 16.1 Å². The fraction of sp³-hybridized carbons (Fsp3) is 0.143. The van der Waals surface area contributed by atoms with E-state index < -0.39 is 10.7 Å². The molecule has 4 nitrogen and oxygen atoms in total. The minimum absolute atomic E-state index is 0.0408. The Balaban J connectivity index is 2.20. The molecule has 104 valence electrons. The molecule has 0 unspecified atom stereocenters. The van der Waals surface area contributed by atoms with Gasteiger partial charge in [-0.1, -0.05) is 23.7 Å². The van der Waals surface area contributed by atoms with Gasteiger partial charge >= 0.3 is 0 Å². The van der Waals surface area contributed by atoms with Gasteiger partial charge in [-0.3, -0.25) is 10.1 Å². The van der Waals surface area contributed by atoms with Crippen LogP contribution in [0.3, 0.4) is 0 Å². The maximum Gasteiger partial charge on any atom is 0.269 e. The normalized spacial score (nSPS) is 10.3. The van der Waals surface area contributed by atoms with Gasteiger partial charge in [-0.05, 0) is 24.6 Å². The van der Waals surface area contributed by atoms with Crippen LogP contribution >= 0.6 is 11.6 Å². The molecule has 6 heteroatoms. The SMILES string of the molecule is Cc1cccc(OCc2cc([N+](=O)[O-])ccc2Cl)c1F. The van der Waals surface area contributed by atoms with Gasteiger partial charge in [0.25, 0.3) is 5.69 Å². The summed E-state index contributed by atoms with van der Waals surface area (Å²) in [4.78, 5) is 10.2. The first kappa shape index (κ1) is 14.3. The minimum atomic E-state index is -0.521. The maximum atomic E-state index is 13.7. The molecule has 2 aromatic carbocycles. The summed E-state index contributed by atoms with van der Waals surface area (Å²) in [6.07, 6.45) is 0. The van der Waals surface area contributed by atoms with Crippen LogP contribution in [0.1, 0.15) is 11.1 Å². The van der Waals surface area contributed by atoms with E-state index in [1.54, 1.807) is 19.1 Å². The van der Waals surface area contributed by atoms with Gasteiger partial charge in [-0.25, -0.2) is 4.39 Å². The molecule has 0 atom stereocenters. The summed E-state index contributed by atoms with van der Waals surface area (Å²) in [5, 5.41) is 11.0. The molecule has 0 fully saturated rings. The topological polar surface area (TPSA) is 52.4 Å². The van der Waals surface area contributed by atoms with Gasteiger partial charge < -0.3 is 4.74 Å². The van der Waals surface area contributed by atoms with Crippen LogP contribution < -0.4 is 4.74 Å². The Morgan fingerprint density at radius 2 is 2.10 bits per heavy atom. The second kappa shape index (κ2) is 5.88. The number of hydrogen-bond acceptors (Lipinski definition) is 3. The van der Waals surface area contributed by atoms with Gasteiger partial charge in [-0.15, -0.1) is 0 Å². The number of nitro benzene ring substituents is 1. The van der Waals surface area contributed by atoms with Gasteiger partial charge in [0.1, 0.15) is 6.61 Å². The van der Waals surface area contributed by atoms with Crippen LogP contribution in [0, 0.1) is 22.9 Å². The van der Waals surface area contributed by atoms with E-state index in [2.05, 4.69) is 0 Å². The number of benzene rings is 2. The molecule has 0 aliphatic carbocycles. The predicted molar refractivity (Wildman–Crippen MR) is 73.6 cm³/mol. The molecule has 0 aromatic heterocycles. The lowest BCUT2D eigenvalue weighted by atomic mass is 10.2. The van der Waals surface area contributed by atoms with Crippen LogP contribution in [-0.4, -0.2) is 4.92 Å². The monoisotopic (exact) mass is 295 g/mol. The smallest absolute Gasteiger partial charge is 0.269 e. The third kappa shape index (κ3) is 3.05. The average molecular weight is 296 g/mol. The molecule has 0 N–H and O–H groups in total. The zero-order valence-corrected chi connectivity index (χ0v) is 11.4. The molecular weight excluding hydrogens is 285 g/mol. The molecule has 0 saturated heterocycles. The lowest BCUT2D eigenvalue weighted by Crippen LogP contribution is -2.00. The number of non-ortho nitro benzene ring substituents is 1. The minimum Gasteiger partial charge on any atom is -0.486 e. The summed E-state index contributed by atoms with van der Waals surface area (Å²) in [6.45, 7) is 1.59. The number of aryl methyl sites for hydroxylation is 1. The third-order valence-electron chi connectivity index (χ3n) is 2.78. The molecule has 0 amide bonds. The Bertz CT molecular complexity index is 661. The fourth-order valence-corrected chi connectivity index (χ4v) is 1.84. The van der Waals surface area contributed by atoms with Crippen molar-refractivity contribution in [1.29, 1.82) is 0 Å². The quantitative estimate of drug-likeness (QED) is 0.625. The first-order chi connectivity index (χ1) is 9.49. The van der Waals surface area contributed by atoms with E-state index in [0.717, 1.165) is 0 Å². The zero-order valence-electron chi connectivity index (χ0n) is 10.6. The van der Waals surface area contributed by atoms with E-state index in [9.17, 15) is 14.5 Å². The second-order valence-corrected chi connectivity index (χ2v) is 4.62. The predicted octanol–water partition coefficient (Wildman–Crippen LogP) is 4.27. The maximum absolute atomic E-state index is 13.7. The number of nitro groups is 1. The van der Waals surface area contributed by atoms with Crippen molar-refractivity contribution in [3.8, 4) is 5.75 Å². The van der Waals surface area contributed by atoms with Gasteiger partial charge in [0, 0.05) is 22.7 Å². The van der Waals surface area contributed by atoms with E-state index >= 15 is 0 Å². The molecule has 0 aliphatic rings. The Kier molecular flexibility index (Phi) is 4.20. The second-order valence-electron chi connectivity index (χ2n) is 4.21. The molecule has 2 rings (SSSR count). The van der Waals surface area contributed by atoms with Crippen molar-refractivity contribution < 1.29 is 14.1 Å². The molecule has 0 radical (unpaired) electrons. The van der Waals surface area contributed by atoms with Crippen LogP contribution in [-0.2, 0) is 6.61 Å². The summed E-state index contributed by atoms with van der Waals surface area (Å²) in [5.41, 5.74) is 0.812. The van der Waals surface area contributed by atoms with Crippen molar-refractivity contribution in [2.24, 2.45) is 0 Å². The average Bonchev–Trinajstić information content (AvgIpc) is 2.41. The molecular formula is C14H11ClFNO3. The summed E-state index contributed by atoms with van der Waals surface area (Å²) >= 11 is 5.94. The van der Waals surface area contributed by atoms with Gasteiger partial charge in [0.15, 0.2) is 11.6 Å². The lowest BCUT2D eigenvalue weighted by molar-refractivity contribution is -0.384. The lowest BCUT2D eigenvalue weighted by Gasteiger charge is -2.09. The van der Waals surface area contributed by atoms with Crippen molar-refractivity contribution in [3.63, 3.8) is 0 Å². The number of hydrogen-bond donors (Lipinski definition) is 0.